The highest BCUT2D eigenvalue weighted by Crippen LogP contribution is 2.26. The number of aromatic amines is 1. The number of carbonyl (C=O) groups is 1. The SMILES string of the molecule is O=C(COc1ccc(Cl)c(Cl)c1)NCc1ccn[nH]1. The van der Waals surface area contributed by atoms with Crippen LogP contribution in [0.1, 0.15) is 5.69 Å². The molecule has 0 bridgehead atoms. The fourth-order valence-electron chi connectivity index (χ4n) is 1.34. The van der Waals surface area contributed by atoms with Gasteiger partial charge in [-0.25, -0.2) is 0 Å². The number of aromatic nitrogens is 2. The lowest BCUT2D eigenvalue weighted by molar-refractivity contribution is -0.123. The lowest BCUT2D eigenvalue weighted by Gasteiger charge is -2.07. The second-order valence-corrected chi connectivity index (χ2v) is 4.54. The quantitative estimate of drug-likeness (QED) is 0.891. The first-order valence-electron chi connectivity index (χ1n) is 5.48. The molecule has 1 amide bonds. The van der Waals surface area contributed by atoms with Crippen LogP contribution in [-0.4, -0.2) is 22.7 Å². The summed E-state index contributed by atoms with van der Waals surface area (Å²) in [6, 6.07) is 6.60. The number of hydrogen-bond acceptors (Lipinski definition) is 3. The van der Waals surface area contributed by atoms with Crippen LogP contribution >= 0.6 is 23.2 Å². The molecule has 0 saturated heterocycles. The van der Waals surface area contributed by atoms with E-state index in [1.807, 2.05) is 0 Å². The van der Waals surface area contributed by atoms with Gasteiger partial charge >= 0.3 is 0 Å². The number of nitrogens with zero attached hydrogens (tertiary/aromatic N) is 1. The zero-order valence-electron chi connectivity index (χ0n) is 9.82. The van der Waals surface area contributed by atoms with Crippen LogP contribution in [0.4, 0.5) is 0 Å². The van der Waals surface area contributed by atoms with Gasteiger partial charge in [0.25, 0.3) is 5.91 Å². The minimum Gasteiger partial charge on any atom is -0.484 e. The largest absolute Gasteiger partial charge is 0.484 e. The second-order valence-electron chi connectivity index (χ2n) is 3.72. The van der Waals surface area contributed by atoms with Crippen molar-refractivity contribution in [2.45, 2.75) is 6.54 Å². The Morgan fingerprint density at radius 2 is 2.16 bits per heavy atom. The number of nitrogens with one attached hydrogen (secondary N) is 2. The van der Waals surface area contributed by atoms with Crippen LogP contribution in [0.15, 0.2) is 30.5 Å². The molecule has 2 aromatic rings. The van der Waals surface area contributed by atoms with Crippen molar-refractivity contribution >= 4 is 29.1 Å². The van der Waals surface area contributed by atoms with Crippen molar-refractivity contribution in [2.24, 2.45) is 0 Å². The molecule has 1 heterocycles. The fourth-order valence-corrected chi connectivity index (χ4v) is 1.63. The highest BCUT2D eigenvalue weighted by atomic mass is 35.5. The fraction of sp³-hybridized carbons (Fsp3) is 0.167. The van der Waals surface area contributed by atoms with Gasteiger partial charge in [0.05, 0.1) is 22.3 Å². The minimum atomic E-state index is -0.235. The van der Waals surface area contributed by atoms with E-state index in [1.54, 1.807) is 30.5 Å². The summed E-state index contributed by atoms with van der Waals surface area (Å²) in [7, 11) is 0. The summed E-state index contributed by atoms with van der Waals surface area (Å²) < 4.78 is 5.29. The molecule has 19 heavy (non-hydrogen) atoms. The van der Waals surface area contributed by atoms with Crippen molar-refractivity contribution < 1.29 is 9.53 Å². The van der Waals surface area contributed by atoms with Gasteiger partial charge in [0.2, 0.25) is 0 Å². The van der Waals surface area contributed by atoms with E-state index in [2.05, 4.69) is 15.5 Å². The lowest BCUT2D eigenvalue weighted by atomic mass is 10.3. The van der Waals surface area contributed by atoms with Crippen molar-refractivity contribution in [1.29, 1.82) is 0 Å². The van der Waals surface area contributed by atoms with Crippen molar-refractivity contribution in [3.8, 4) is 5.75 Å². The summed E-state index contributed by atoms with van der Waals surface area (Å²) in [6.45, 7) is 0.287. The standard InChI is InChI=1S/C12H11Cl2N3O2/c13-10-2-1-9(5-11(10)14)19-7-12(18)15-6-8-3-4-16-17-8/h1-5H,6-7H2,(H,15,18)(H,16,17). The number of hydrogen-bond donors (Lipinski definition) is 2. The molecule has 0 aliphatic rings. The summed E-state index contributed by atoms with van der Waals surface area (Å²) in [6.07, 6.45) is 1.62. The third-order valence-electron chi connectivity index (χ3n) is 2.30. The highest BCUT2D eigenvalue weighted by Gasteiger charge is 2.05. The number of carbonyl (C=O) groups excluding carboxylic acids is 1. The first kappa shape index (κ1) is 13.7. The van der Waals surface area contributed by atoms with E-state index < -0.39 is 0 Å². The van der Waals surface area contributed by atoms with Gasteiger partial charge in [-0.2, -0.15) is 5.10 Å². The molecule has 0 aliphatic heterocycles. The van der Waals surface area contributed by atoms with Gasteiger partial charge in [0.15, 0.2) is 6.61 Å². The number of H-pyrrole nitrogens is 1. The van der Waals surface area contributed by atoms with Crippen LogP contribution in [0.3, 0.4) is 0 Å². The van der Waals surface area contributed by atoms with Crippen molar-refractivity contribution in [3.05, 3.63) is 46.2 Å². The van der Waals surface area contributed by atoms with Crippen molar-refractivity contribution in [1.82, 2.24) is 15.5 Å². The predicted octanol–water partition coefficient (Wildman–Crippen LogP) is 2.41. The van der Waals surface area contributed by atoms with Gasteiger partial charge in [-0.1, -0.05) is 23.2 Å². The lowest BCUT2D eigenvalue weighted by Crippen LogP contribution is -2.28. The molecule has 2 rings (SSSR count). The maximum atomic E-state index is 11.5. The summed E-state index contributed by atoms with van der Waals surface area (Å²) in [5.41, 5.74) is 0.822. The van der Waals surface area contributed by atoms with E-state index in [4.69, 9.17) is 27.9 Å². The summed E-state index contributed by atoms with van der Waals surface area (Å²) in [5, 5.41) is 10.0. The molecule has 0 aliphatic carbocycles. The smallest absolute Gasteiger partial charge is 0.258 e. The molecule has 1 aromatic heterocycles. The Balaban J connectivity index is 1.78. The van der Waals surface area contributed by atoms with Gasteiger partial charge in [0, 0.05) is 12.3 Å². The van der Waals surface area contributed by atoms with E-state index in [9.17, 15) is 4.79 Å². The van der Waals surface area contributed by atoms with Crippen LogP contribution < -0.4 is 10.1 Å². The first-order valence-corrected chi connectivity index (χ1v) is 6.23. The van der Waals surface area contributed by atoms with Crippen LogP contribution in [0, 0.1) is 0 Å². The molecule has 5 nitrogen and oxygen atoms in total. The van der Waals surface area contributed by atoms with Crippen LogP contribution in [-0.2, 0) is 11.3 Å². The Labute approximate surface area is 119 Å². The molecule has 7 heteroatoms. The van der Waals surface area contributed by atoms with E-state index in [1.165, 1.54) is 0 Å². The third-order valence-corrected chi connectivity index (χ3v) is 3.03. The van der Waals surface area contributed by atoms with Crippen LogP contribution in [0.25, 0.3) is 0 Å². The molecule has 100 valence electrons. The van der Waals surface area contributed by atoms with E-state index >= 15 is 0 Å². The maximum absolute atomic E-state index is 11.5. The molecular formula is C12H11Cl2N3O2. The third kappa shape index (κ3) is 4.15. The molecule has 0 unspecified atom stereocenters. The Hall–Kier alpha value is -1.72. The van der Waals surface area contributed by atoms with E-state index in [0.29, 0.717) is 22.3 Å². The monoisotopic (exact) mass is 299 g/mol. The van der Waals surface area contributed by atoms with Crippen LogP contribution in [0.2, 0.25) is 10.0 Å². The highest BCUT2D eigenvalue weighted by molar-refractivity contribution is 6.42. The predicted molar refractivity (Wildman–Crippen MR) is 72.4 cm³/mol. The molecule has 1 aromatic carbocycles. The molecule has 0 radical (unpaired) electrons. The van der Waals surface area contributed by atoms with Crippen molar-refractivity contribution in [2.75, 3.05) is 6.61 Å². The molecule has 0 fully saturated rings. The molecule has 2 N–H and O–H groups in total. The number of rotatable bonds is 5. The number of halogens is 2. The molecule has 0 spiro atoms. The Bertz CT molecular complexity index is 558. The summed E-state index contributed by atoms with van der Waals surface area (Å²) >= 11 is 11.6. The zero-order chi connectivity index (χ0) is 13.7. The Morgan fingerprint density at radius 3 is 2.84 bits per heavy atom. The number of ether oxygens (including phenoxy) is 1. The topological polar surface area (TPSA) is 67.0 Å². The van der Waals surface area contributed by atoms with Gasteiger partial charge in [-0.15, -0.1) is 0 Å². The Kier molecular flexibility index (Phi) is 4.65. The van der Waals surface area contributed by atoms with Gasteiger partial charge in [-0.3, -0.25) is 9.89 Å². The zero-order valence-corrected chi connectivity index (χ0v) is 11.3. The van der Waals surface area contributed by atoms with Gasteiger partial charge in [0.1, 0.15) is 5.75 Å². The average molecular weight is 300 g/mol. The Morgan fingerprint density at radius 1 is 1.32 bits per heavy atom. The minimum absolute atomic E-state index is 0.0912. The van der Waals surface area contributed by atoms with E-state index in [-0.39, 0.29) is 12.5 Å². The first-order chi connectivity index (χ1) is 9.15. The average Bonchev–Trinajstić information content (AvgIpc) is 2.91. The molecule has 0 saturated carbocycles. The maximum Gasteiger partial charge on any atom is 0.258 e. The number of benzene rings is 1. The second kappa shape index (κ2) is 6.45. The van der Waals surface area contributed by atoms with Gasteiger partial charge in [-0.05, 0) is 18.2 Å². The van der Waals surface area contributed by atoms with Crippen LogP contribution in [0.5, 0.6) is 5.75 Å². The summed E-state index contributed by atoms with van der Waals surface area (Å²) in [4.78, 5) is 11.5. The van der Waals surface area contributed by atoms with Gasteiger partial charge < -0.3 is 10.1 Å². The van der Waals surface area contributed by atoms with E-state index in [0.717, 1.165) is 5.69 Å². The summed E-state index contributed by atoms with van der Waals surface area (Å²) in [5.74, 6) is 0.256. The normalized spacial score (nSPS) is 10.2. The number of amides is 1. The molecule has 0 atom stereocenters. The van der Waals surface area contributed by atoms with Crippen molar-refractivity contribution in [3.63, 3.8) is 0 Å². The molecular weight excluding hydrogens is 289 g/mol.